The zero-order chi connectivity index (χ0) is 18.1. The Labute approximate surface area is 154 Å². The normalized spacial score (nSPS) is 10.8. The molecule has 4 aromatic rings. The zero-order valence-electron chi connectivity index (χ0n) is 13.6. The van der Waals surface area contributed by atoms with Crippen molar-refractivity contribution in [3.05, 3.63) is 88.2 Å². The molecule has 1 aromatic heterocycles. The van der Waals surface area contributed by atoms with Crippen LogP contribution in [0.1, 0.15) is 0 Å². The summed E-state index contributed by atoms with van der Waals surface area (Å²) in [5.41, 5.74) is 0.925. The minimum Gasteiger partial charge on any atom is -0.506 e. The Kier molecular flexibility index (Phi) is 4.11. The molecule has 26 heavy (non-hydrogen) atoms. The average molecular weight is 364 g/mol. The summed E-state index contributed by atoms with van der Waals surface area (Å²) in [5.74, 6) is 1.30. The molecule has 0 saturated heterocycles. The molecule has 4 nitrogen and oxygen atoms in total. The number of rotatable bonds is 3. The molecule has 0 atom stereocenters. The lowest BCUT2D eigenvalue weighted by molar-refractivity contribution is 0.481. The second-order valence-corrected chi connectivity index (χ2v) is 6.24. The lowest BCUT2D eigenvalue weighted by Gasteiger charge is -2.09. The average Bonchev–Trinajstić information content (AvgIpc) is 2.63. The van der Waals surface area contributed by atoms with E-state index in [0.717, 1.165) is 5.75 Å². The summed E-state index contributed by atoms with van der Waals surface area (Å²) < 4.78 is 5.75. The van der Waals surface area contributed by atoms with Crippen molar-refractivity contribution in [2.24, 2.45) is 0 Å². The molecule has 1 heterocycles. The number of halogens is 1. The number of hydrogen-bond acceptors (Lipinski definition) is 3. The van der Waals surface area contributed by atoms with E-state index in [4.69, 9.17) is 16.3 Å². The molecule has 0 unspecified atom stereocenters. The standard InChI is InChI=1S/C21H14ClNO3/c22-14-8-11-17-18(12-14)23-21(25)19(20(17)24)13-6-9-16(10-7-13)26-15-4-2-1-3-5-15/h1-12H,(H2,23,24,25). The van der Waals surface area contributed by atoms with Crippen molar-refractivity contribution < 1.29 is 9.84 Å². The third-order valence-corrected chi connectivity index (χ3v) is 4.31. The predicted molar refractivity (Wildman–Crippen MR) is 103 cm³/mol. The molecule has 5 heteroatoms. The predicted octanol–water partition coefficient (Wildman–Crippen LogP) is 5.35. The van der Waals surface area contributed by atoms with Gasteiger partial charge in [-0.3, -0.25) is 4.79 Å². The van der Waals surface area contributed by atoms with Gasteiger partial charge in [-0.25, -0.2) is 0 Å². The molecule has 3 aromatic carbocycles. The van der Waals surface area contributed by atoms with Crippen LogP contribution in [0, 0.1) is 0 Å². The van der Waals surface area contributed by atoms with Crippen LogP contribution >= 0.6 is 11.6 Å². The van der Waals surface area contributed by atoms with Crippen LogP contribution in [0.25, 0.3) is 22.0 Å². The minimum atomic E-state index is -0.381. The van der Waals surface area contributed by atoms with Crippen molar-refractivity contribution in [1.82, 2.24) is 4.98 Å². The number of H-pyrrole nitrogens is 1. The van der Waals surface area contributed by atoms with Crippen LogP contribution in [0.5, 0.6) is 17.2 Å². The van der Waals surface area contributed by atoms with Gasteiger partial charge in [0.1, 0.15) is 17.2 Å². The Morgan fingerprint density at radius 1 is 0.885 bits per heavy atom. The molecule has 0 saturated carbocycles. The van der Waals surface area contributed by atoms with Crippen molar-refractivity contribution in [3.63, 3.8) is 0 Å². The molecule has 2 N–H and O–H groups in total. The first-order valence-corrected chi connectivity index (χ1v) is 8.37. The molecule has 0 aliphatic carbocycles. The van der Waals surface area contributed by atoms with Gasteiger partial charge in [-0.1, -0.05) is 41.9 Å². The molecule has 0 fully saturated rings. The van der Waals surface area contributed by atoms with Crippen molar-refractivity contribution in [2.45, 2.75) is 0 Å². The summed E-state index contributed by atoms with van der Waals surface area (Å²) in [6.45, 7) is 0. The maximum absolute atomic E-state index is 12.5. The summed E-state index contributed by atoms with van der Waals surface area (Å²) in [6.07, 6.45) is 0. The number of fused-ring (bicyclic) bond motifs is 1. The minimum absolute atomic E-state index is 0.0721. The molecule has 0 aliphatic heterocycles. The number of aromatic amines is 1. The Morgan fingerprint density at radius 3 is 2.31 bits per heavy atom. The number of aromatic hydroxyl groups is 1. The van der Waals surface area contributed by atoms with E-state index in [1.807, 2.05) is 30.3 Å². The highest BCUT2D eigenvalue weighted by molar-refractivity contribution is 6.31. The van der Waals surface area contributed by atoms with Gasteiger partial charge in [-0.2, -0.15) is 0 Å². The van der Waals surface area contributed by atoms with Gasteiger partial charge in [0, 0.05) is 10.4 Å². The maximum atomic E-state index is 12.5. The lowest BCUT2D eigenvalue weighted by atomic mass is 10.0. The van der Waals surface area contributed by atoms with Gasteiger partial charge in [0.15, 0.2) is 0 Å². The van der Waals surface area contributed by atoms with Crippen molar-refractivity contribution in [2.75, 3.05) is 0 Å². The van der Waals surface area contributed by atoms with Gasteiger partial charge in [-0.15, -0.1) is 0 Å². The van der Waals surface area contributed by atoms with Gasteiger partial charge in [-0.05, 0) is 48.0 Å². The molecule has 4 rings (SSSR count). The van der Waals surface area contributed by atoms with Crippen molar-refractivity contribution in [3.8, 4) is 28.4 Å². The van der Waals surface area contributed by atoms with Gasteiger partial charge >= 0.3 is 0 Å². The van der Waals surface area contributed by atoms with E-state index in [1.54, 1.807) is 42.5 Å². The summed E-state index contributed by atoms with van der Waals surface area (Å²) in [4.78, 5) is 15.2. The molecule has 128 valence electrons. The molecule has 0 radical (unpaired) electrons. The largest absolute Gasteiger partial charge is 0.506 e. The number of para-hydroxylation sites is 1. The van der Waals surface area contributed by atoms with Crippen LogP contribution in [0.3, 0.4) is 0 Å². The Bertz CT molecular complexity index is 1140. The topological polar surface area (TPSA) is 62.3 Å². The molecule has 0 spiro atoms. The van der Waals surface area contributed by atoms with Crippen LogP contribution < -0.4 is 10.3 Å². The Morgan fingerprint density at radius 2 is 1.58 bits per heavy atom. The van der Waals surface area contributed by atoms with E-state index < -0.39 is 0 Å². The Balaban J connectivity index is 1.74. The van der Waals surface area contributed by atoms with E-state index in [0.29, 0.717) is 27.2 Å². The summed E-state index contributed by atoms with van der Waals surface area (Å²) >= 11 is 5.95. The Hall–Kier alpha value is -3.24. The molecular formula is C21H14ClNO3. The van der Waals surface area contributed by atoms with Crippen molar-refractivity contribution in [1.29, 1.82) is 0 Å². The lowest BCUT2D eigenvalue weighted by Crippen LogP contribution is -2.09. The fourth-order valence-corrected chi connectivity index (χ4v) is 3.01. The van der Waals surface area contributed by atoms with Gasteiger partial charge in [0.25, 0.3) is 5.56 Å². The second-order valence-electron chi connectivity index (χ2n) is 5.81. The first kappa shape index (κ1) is 16.2. The summed E-state index contributed by atoms with van der Waals surface area (Å²) in [6, 6.07) is 21.4. The number of ether oxygens (including phenoxy) is 1. The summed E-state index contributed by atoms with van der Waals surface area (Å²) in [5, 5.41) is 11.6. The smallest absolute Gasteiger partial charge is 0.260 e. The van der Waals surface area contributed by atoms with Gasteiger partial charge < -0.3 is 14.8 Å². The fraction of sp³-hybridized carbons (Fsp3) is 0. The van der Waals surface area contributed by atoms with Crippen LogP contribution in [0.15, 0.2) is 77.6 Å². The van der Waals surface area contributed by atoms with Crippen molar-refractivity contribution >= 4 is 22.5 Å². The van der Waals surface area contributed by atoms with Crippen LogP contribution in [-0.4, -0.2) is 10.1 Å². The number of nitrogens with one attached hydrogen (secondary N) is 1. The van der Waals surface area contributed by atoms with Crippen LogP contribution in [0.2, 0.25) is 5.02 Å². The highest BCUT2D eigenvalue weighted by atomic mass is 35.5. The summed E-state index contributed by atoms with van der Waals surface area (Å²) in [7, 11) is 0. The molecule has 0 aliphatic rings. The highest BCUT2D eigenvalue weighted by Gasteiger charge is 2.14. The number of pyridine rings is 1. The number of hydrogen-bond donors (Lipinski definition) is 2. The highest BCUT2D eigenvalue weighted by Crippen LogP contribution is 2.34. The first-order valence-electron chi connectivity index (χ1n) is 8.00. The van der Waals surface area contributed by atoms with Crippen LogP contribution in [-0.2, 0) is 0 Å². The molecular weight excluding hydrogens is 350 g/mol. The third-order valence-electron chi connectivity index (χ3n) is 4.07. The number of benzene rings is 3. The van der Waals surface area contributed by atoms with Gasteiger partial charge in [0.2, 0.25) is 0 Å². The van der Waals surface area contributed by atoms with Crippen LogP contribution in [0.4, 0.5) is 0 Å². The molecule has 0 bridgehead atoms. The zero-order valence-corrected chi connectivity index (χ0v) is 14.3. The maximum Gasteiger partial charge on any atom is 0.260 e. The van der Waals surface area contributed by atoms with E-state index in [1.165, 1.54) is 0 Å². The van der Waals surface area contributed by atoms with Gasteiger partial charge in [0.05, 0.1) is 11.1 Å². The monoisotopic (exact) mass is 363 g/mol. The third kappa shape index (κ3) is 3.03. The van der Waals surface area contributed by atoms with E-state index in [2.05, 4.69) is 4.98 Å². The first-order chi connectivity index (χ1) is 12.6. The van der Waals surface area contributed by atoms with E-state index in [9.17, 15) is 9.90 Å². The SMILES string of the molecule is O=c1[nH]c2cc(Cl)ccc2c(O)c1-c1ccc(Oc2ccccc2)cc1. The fourth-order valence-electron chi connectivity index (χ4n) is 2.84. The quantitative estimate of drug-likeness (QED) is 0.516. The van der Waals surface area contributed by atoms with E-state index in [-0.39, 0.29) is 16.9 Å². The second kappa shape index (κ2) is 6.58. The number of aromatic nitrogens is 1. The molecule has 0 amide bonds. The van der Waals surface area contributed by atoms with E-state index >= 15 is 0 Å².